The number of nitrogens with one attached hydrogen (secondary N) is 6. The number of nitrogens with two attached hydrogens (primary N) is 1. The molecule has 43 heavy (non-hydrogen) atoms. The lowest BCUT2D eigenvalue weighted by atomic mass is 10.0. The normalized spacial score (nSPS) is 13.9. The molecule has 0 bridgehead atoms. The number of hydrogen-bond acceptors (Lipinski definition) is 8. The fourth-order valence-corrected chi connectivity index (χ4v) is 4.48. The number of benzene rings is 1. The summed E-state index contributed by atoms with van der Waals surface area (Å²) in [5.74, 6) is -5.33. The fourth-order valence-electron chi connectivity index (χ4n) is 4.48. The molecule has 4 atom stereocenters. The third kappa shape index (κ3) is 8.26. The van der Waals surface area contributed by atoms with Crippen LogP contribution >= 0.6 is 0 Å². The van der Waals surface area contributed by atoms with Gasteiger partial charge in [0.2, 0.25) is 17.7 Å². The van der Waals surface area contributed by atoms with E-state index in [0.717, 1.165) is 16.5 Å². The van der Waals surface area contributed by atoms with Crippen LogP contribution in [0.1, 0.15) is 23.4 Å². The molecule has 3 amide bonds. The van der Waals surface area contributed by atoms with Crippen LogP contribution in [-0.4, -0.2) is 89.0 Å². The summed E-state index contributed by atoms with van der Waals surface area (Å²) in [6.07, 6.45) is 6.53. The third-order valence-electron chi connectivity index (χ3n) is 6.67. The molecule has 3 heterocycles. The minimum atomic E-state index is -1.74. The zero-order valence-electron chi connectivity index (χ0n) is 22.7. The zero-order valence-corrected chi connectivity index (χ0v) is 22.7. The van der Waals surface area contributed by atoms with Crippen LogP contribution in [-0.2, 0) is 43.2 Å². The van der Waals surface area contributed by atoms with Crippen molar-refractivity contribution in [2.45, 2.75) is 49.9 Å². The number of carbonyl (C=O) groups excluding carboxylic acids is 3. The molecule has 0 fully saturated rings. The molecule has 0 radical (unpaired) electrons. The third-order valence-corrected chi connectivity index (χ3v) is 6.67. The maximum absolute atomic E-state index is 13.5. The first-order chi connectivity index (χ1) is 20.6. The van der Waals surface area contributed by atoms with Crippen LogP contribution in [0, 0.1) is 0 Å². The largest absolute Gasteiger partial charge is 0.481 e. The minimum absolute atomic E-state index is 0.0352. The Morgan fingerprint density at radius 3 is 1.86 bits per heavy atom. The number of carbonyl (C=O) groups is 5. The van der Waals surface area contributed by atoms with Crippen molar-refractivity contribution in [3.63, 3.8) is 0 Å². The predicted octanol–water partition coefficient (Wildman–Crippen LogP) is -1.02. The van der Waals surface area contributed by atoms with Crippen LogP contribution in [0.4, 0.5) is 0 Å². The van der Waals surface area contributed by atoms with E-state index in [1.165, 1.54) is 25.0 Å². The maximum atomic E-state index is 13.5. The molecule has 226 valence electrons. The van der Waals surface area contributed by atoms with E-state index in [-0.39, 0.29) is 19.3 Å². The van der Waals surface area contributed by atoms with E-state index in [4.69, 9.17) is 10.8 Å². The summed E-state index contributed by atoms with van der Waals surface area (Å²) in [4.78, 5) is 79.1. The van der Waals surface area contributed by atoms with Gasteiger partial charge in [-0.05, 0) is 18.1 Å². The number of H-pyrrole nitrogens is 3. The fraction of sp³-hybridized carbons (Fsp3) is 0.296. The van der Waals surface area contributed by atoms with Gasteiger partial charge in [0.1, 0.15) is 18.1 Å². The average Bonchev–Trinajstić information content (AvgIpc) is 3.75. The SMILES string of the molecule is NC(Cc1c[nH]c2ccccc12)C(=O)NC(Cc1cnc[nH]1)C(=O)NC(Cc1cnc[nH]1)C(=O)NC(CC(=O)O)C(=O)O. The molecule has 0 aliphatic heterocycles. The van der Waals surface area contributed by atoms with Gasteiger partial charge >= 0.3 is 11.9 Å². The number of fused-ring (bicyclic) bond motifs is 1. The van der Waals surface area contributed by atoms with Crippen LogP contribution in [0.2, 0.25) is 0 Å². The summed E-state index contributed by atoms with van der Waals surface area (Å²) in [5, 5.41) is 26.7. The highest BCUT2D eigenvalue weighted by Crippen LogP contribution is 2.19. The number of aromatic amines is 3. The highest BCUT2D eigenvalue weighted by Gasteiger charge is 2.32. The lowest BCUT2D eigenvalue weighted by Gasteiger charge is -2.24. The summed E-state index contributed by atoms with van der Waals surface area (Å²) < 4.78 is 0. The smallest absolute Gasteiger partial charge is 0.326 e. The molecule has 4 unspecified atom stereocenters. The molecule has 0 aliphatic carbocycles. The highest BCUT2D eigenvalue weighted by atomic mass is 16.4. The molecule has 1 aromatic carbocycles. The summed E-state index contributed by atoms with van der Waals surface area (Å²) in [7, 11) is 0. The molecule has 0 aliphatic rings. The van der Waals surface area contributed by atoms with Gasteiger partial charge in [-0.15, -0.1) is 0 Å². The minimum Gasteiger partial charge on any atom is -0.481 e. The molecule has 3 aromatic heterocycles. The van der Waals surface area contributed by atoms with E-state index in [1.54, 1.807) is 6.20 Å². The number of hydrogen-bond donors (Lipinski definition) is 9. The van der Waals surface area contributed by atoms with Crippen LogP contribution in [0.5, 0.6) is 0 Å². The van der Waals surface area contributed by atoms with Gasteiger partial charge in [0.25, 0.3) is 0 Å². The van der Waals surface area contributed by atoms with E-state index in [9.17, 15) is 29.1 Å². The number of carboxylic acid groups (broad SMARTS) is 2. The van der Waals surface area contributed by atoms with E-state index in [2.05, 4.69) is 40.9 Å². The molecular formula is C27H31N9O7. The summed E-state index contributed by atoms with van der Waals surface area (Å²) in [6.45, 7) is 0. The predicted molar refractivity (Wildman–Crippen MR) is 150 cm³/mol. The number of aliphatic carboxylic acids is 2. The summed E-state index contributed by atoms with van der Waals surface area (Å²) in [5.41, 5.74) is 8.87. The quantitative estimate of drug-likeness (QED) is 0.0810. The second-order valence-corrected chi connectivity index (χ2v) is 9.85. The first kappa shape index (κ1) is 30.4. The van der Waals surface area contributed by atoms with Crippen molar-refractivity contribution in [1.29, 1.82) is 0 Å². The Kier molecular flexibility index (Phi) is 9.85. The molecule has 4 rings (SSSR count). The molecule has 10 N–H and O–H groups in total. The summed E-state index contributed by atoms with van der Waals surface area (Å²) >= 11 is 0. The molecule has 0 saturated heterocycles. The van der Waals surface area contributed by atoms with Crippen molar-refractivity contribution in [2.75, 3.05) is 0 Å². The van der Waals surface area contributed by atoms with Gasteiger partial charge in [0.05, 0.1) is 25.1 Å². The number of carboxylic acids is 2. The molecule has 0 saturated carbocycles. The monoisotopic (exact) mass is 593 g/mol. The topological polar surface area (TPSA) is 261 Å². The van der Waals surface area contributed by atoms with Crippen molar-refractivity contribution in [1.82, 2.24) is 40.9 Å². The Bertz CT molecular complexity index is 1570. The first-order valence-corrected chi connectivity index (χ1v) is 13.2. The van der Waals surface area contributed by atoms with Gasteiger partial charge in [0, 0.05) is 53.7 Å². The zero-order chi connectivity index (χ0) is 30.9. The van der Waals surface area contributed by atoms with Crippen molar-refractivity contribution >= 4 is 40.6 Å². The first-order valence-electron chi connectivity index (χ1n) is 13.2. The van der Waals surface area contributed by atoms with Gasteiger partial charge in [-0.1, -0.05) is 18.2 Å². The highest BCUT2D eigenvalue weighted by molar-refractivity contribution is 5.95. The van der Waals surface area contributed by atoms with Crippen LogP contribution in [0.15, 0.2) is 55.5 Å². The lowest BCUT2D eigenvalue weighted by Crippen LogP contribution is -2.58. The average molecular weight is 594 g/mol. The molecule has 0 spiro atoms. The Labute approximate surface area is 243 Å². The Hall–Kier alpha value is -5.51. The van der Waals surface area contributed by atoms with Crippen molar-refractivity contribution in [3.05, 3.63) is 72.5 Å². The van der Waals surface area contributed by atoms with Gasteiger partial charge in [-0.25, -0.2) is 14.8 Å². The van der Waals surface area contributed by atoms with E-state index in [0.29, 0.717) is 11.4 Å². The van der Waals surface area contributed by atoms with Crippen LogP contribution in [0.3, 0.4) is 0 Å². The van der Waals surface area contributed by atoms with Crippen molar-refractivity contribution in [3.8, 4) is 0 Å². The molecule has 16 heteroatoms. The summed E-state index contributed by atoms with van der Waals surface area (Å²) in [6, 6.07) is 2.20. The Morgan fingerprint density at radius 2 is 1.33 bits per heavy atom. The molecular weight excluding hydrogens is 562 g/mol. The van der Waals surface area contributed by atoms with E-state index in [1.807, 2.05) is 24.3 Å². The number of rotatable bonds is 15. The second-order valence-electron chi connectivity index (χ2n) is 9.85. The second kappa shape index (κ2) is 13.9. The van der Waals surface area contributed by atoms with Gasteiger partial charge in [-0.2, -0.15) is 0 Å². The van der Waals surface area contributed by atoms with Crippen LogP contribution < -0.4 is 21.7 Å². The maximum Gasteiger partial charge on any atom is 0.326 e. The van der Waals surface area contributed by atoms with Gasteiger partial charge in [0.15, 0.2) is 0 Å². The van der Waals surface area contributed by atoms with E-state index >= 15 is 0 Å². The van der Waals surface area contributed by atoms with E-state index < -0.39 is 60.2 Å². The van der Waals surface area contributed by atoms with Gasteiger partial charge in [-0.3, -0.25) is 19.2 Å². The Morgan fingerprint density at radius 1 is 0.767 bits per heavy atom. The van der Waals surface area contributed by atoms with Crippen LogP contribution in [0.25, 0.3) is 10.9 Å². The number of nitrogens with zero attached hydrogens (tertiary/aromatic N) is 2. The lowest BCUT2D eigenvalue weighted by molar-refractivity contribution is -0.147. The number of aromatic nitrogens is 5. The molecule has 16 nitrogen and oxygen atoms in total. The van der Waals surface area contributed by atoms with Gasteiger partial charge < -0.3 is 46.8 Å². The van der Waals surface area contributed by atoms with Crippen molar-refractivity contribution < 1.29 is 34.2 Å². The molecule has 4 aromatic rings. The van der Waals surface area contributed by atoms with Crippen molar-refractivity contribution in [2.24, 2.45) is 5.73 Å². The number of amides is 3. The number of imidazole rings is 2. The number of para-hydroxylation sites is 1. The standard InChI is InChI=1S/C27H31N9O7/c28-18(5-14-9-31-19-4-2-1-3-17(14)19)24(39)34-20(6-15-10-29-12-32-15)25(40)35-21(7-16-11-30-13-33-16)26(41)36-22(27(42)43)8-23(37)38/h1-4,9-13,18,20-22,31H,5-8,28H2,(H,29,32)(H,30,33)(H,34,39)(H,35,40)(H,36,41)(H,37,38)(H,42,43). The Balaban J connectivity index is 1.50.